The number of ether oxygens (including phenoxy) is 2. The summed E-state index contributed by atoms with van der Waals surface area (Å²) in [6.45, 7) is 5.08. The van der Waals surface area contributed by atoms with Crippen molar-refractivity contribution in [3.63, 3.8) is 0 Å². The van der Waals surface area contributed by atoms with Gasteiger partial charge in [0, 0.05) is 22.7 Å². The molecular formula is C24H24ClNO3. The molecule has 3 rings (SSSR count). The van der Waals surface area contributed by atoms with Gasteiger partial charge in [-0.2, -0.15) is 0 Å². The topological polar surface area (TPSA) is 47.6 Å². The van der Waals surface area contributed by atoms with Crippen molar-refractivity contribution in [2.24, 2.45) is 0 Å². The number of halogens is 1. The molecule has 0 saturated carbocycles. The fraction of sp³-hybridized carbons (Fsp3) is 0.208. The molecule has 3 aromatic rings. The van der Waals surface area contributed by atoms with Crippen molar-refractivity contribution in [1.82, 2.24) is 0 Å². The summed E-state index contributed by atoms with van der Waals surface area (Å²) in [5.74, 6) is 1.41. The summed E-state index contributed by atoms with van der Waals surface area (Å²) in [7, 11) is 0. The number of hydrogen-bond acceptors (Lipinski definition) is 3. The van der Waals surface area contributed by atoms with E-state index in [1.807, 2.05) is 44.2 Å². The monoisotopic (exact) mass is 409 g/mol. The number of nitrogens with one attached hydrogen (secondary N) is 1. The van der Waals surface area contributed by atoms with E-state index in [1.165, 1.54) is 5.56 Å². The van der Waals surface area contributed by atoms with Crippen LogP contribution in [0.2, 0.25) is 5.02 Å². The number of rotatable bonds is 8. The number of carbonyl (C=O) groups excluding carboxylic acids is 1. The molecule has 0 spiro atoms. The third-order valence-corrected chi connectivity index (χ3v) is 4.64. The van der Waals surface area contributed by atoms with Crippen LogP contribution in [0.4, 0.5) is 5.69 Å². The number of benzene rings is 3. The van der Waals surface area contributed by atoms with Crippen LogP contribution >= 0.6 is 11.6 Å². The molecule has 1 amide bonds. The van der Waals surface area contributed by atoms with Gasteiger partial charge in [0.15, 0.2) is 0 Å². The molecule has 0 aliphatic carbocycles. The number of anilines is 1. The van der Waals surface area contributed by atoms with Gasteiger partial charge >= 0.3 is 0 Å². The Morgan fingerprint density at radius 3 is 2.03 bits per heavy atom. The second-order valence-electron chi connectivity index (χ2n) is 6.80. The van der Waals surface area contributed by atoms with Crippen molar-refractivity contribution in [2.75, 3.05) is 18.5 Å². The molecule has 0 aromatic heterocycles. The molecule has 1 N–H and O–H groups in total. The van der Waals surface area contributed by atoms with Crippen LogP contribution in [-0.4, -0.2) is 19.1 Å². The summed E-state index contributed by atoms with van der Waals surface area (Å²) in [6, 6.07) is 20.4. The molecule has 150 valence electrons. The minimum Gasteiger partial charge on any atom is -0.493 e. The zero-order chi connectivity index (χ0) is 20.6. The first-order valence-electron chi connectivity index (χ1n) is 9.51. The summed E-state index contributed by atoms with van der Waals surface area (Å²) < 4.78 is 11.4. The highest BCUT2D eigenvalue weighted by Gasteiger charge is 2.08. The molecule has 0 unspecified atom stereocenters. The quantitative estimate of drug-likeness (QED) is 0.460. The summed E-state index contributed by atoms with van der Waals surface area (Å²) in [6.07, 6.45) is 0.770. The van der Waals surface area contributed by atoms with E-state index in [9.17, 15) is 4.79 Å². The van der Waals surface area contributed by atoms with Gasteiger partial charge in [-0.15, -0.1) is 0 Å². The van der Waals surface area contributed by atoms with Crippen LogP contribution in [0.15, 0.2) is 66.7 Å². The summed E-state index contributed by atoms with van der Waals surface area (Å²) in [4.78, 5) is 12.4. The van der Waals surface area contributed by atoms with Gasteiger partial charge in [-0.3, -0.25) is 4.79 Å². The summed E-state index contributed by atoms with van der Waals surface area (Å²) in [5.41, 5.74) is 3.43. The molecule has 0 heterocycles. The van der Waals surface area contributed by atoms with E-state index in [-0.39, 0.29) is 5.91 Å². The molecule has 0 saturated heterocycles. The summed E-state index contributed by atoms with van der Waals surface area (Å²) in [5, 5.41) is 3.54. The third kappa shape index (κ3) is 6.26. The van der Waals surface area contributed by atoms with Crippen molar-refractivity contribution in [2.45, 2.75) is 20.3 Å². The van der Waals surface area contributed by atoms with Crippen LogP contribution in [0.5, 0.6) is 11.5 Å². The Labute approximate surface area is 176 Å². The normalized spacial score (nSPS) is 10.4. The first-order chi connectivity index (χ1) is 14.0. The number of carbonyl (C=O) groups is 1. The van der Waals surface area contributed by atoms with Crippen LogP contribution in [0.25, 0.3) is 0 Å². The summed E-state index contributed by atoms with van der Waals surface area (Å²) >= 11 is 5.95. The lowest BCUT2D eigenvalue weighted by Crippen LogP contribution is -2.12. The van der Waals surface area contributed by atoms with Gasteiger partial charge in [-0.05, 0) is 74.0 Å². The zero-order valence-electron chi connectivity index (χ0n) is 16.6. The van der Waals surface area contributed by atoms with Crippen molar-refractivity contribution in [1.29, 1.82) is 0 Å². The highest BCUT2D eigenvalue weighted by Crippen LogP contribution is 2.21. The van der Waals surface area contributed by atoms with E-state index in [0.29, 0.717) is 23.8 Å². The van der Waals surface area contributed by atoms with Crippen LogP contribution in [0.3, 0.4) is 0 Å². The molecule has 0 atom stereocenters. The Morgan fingerprint density at radius 1 is 0.862 bits per heavy atom. The Hall–Kier alpha value is -2.98. The predicted octanol–water partition coefficient (Wildman–Crippen LogP) is 6.06. The van der Waals surface area contributed by atoms with Crippen molar-refractivity contribution >= 4 is 23.2 Å². The lowest BCUT2D eigenvalue weighted by Gasteiger charge is -2.10. The molecule has 0 bridgehead atoms. The van der Waals surface area contributed by atoms with Crippen molar-refractivity contribution < 1.29 is 14.3 Å². The van der Waals surface area contributed by atoms with E-state index in [1.54, 1.807) is 36.4 Å². The lowest BCUT2D eigenvalue weighted by atomic mass is 10.1. The third-order valence-electron chi connectivity index (χ3n) is 4.40. The molecule has 0 aliphatic rings. The number of amides is 1. The van der Waals surface area contributed by atoms with E-state index in [2.05, 4.69) is 5.32 Å². The Bertz CT molecular complexity index is 953. The molecule has 0 aliphatic heterocycles. The average molecular weight is 410 g/mol. The molecule has 0 fully saturated rings. The van der Waals surface area contributed by atoms with E-state index < -0.39 is 0 Å². The standard InChI is InChI=1S/C24H24ClNO3/c1-17-4-9-21(10-5-17)28-14-3-15-29-22-11-6-19(7-12-22)24(27)26-23-13-8-20(25)16-18(23)2/h4-13,16H,3,14-15H2,1-2H3,(H,26,27). The van der Waals surface area contributed by atoms with E-state index in [4.69, 9.17) is 21.1 Å². The maximum atomic E-state index is 12.4. The van der Waals surface area contributed by atoms with Gasteiger partial charge in [-0.1, -0.05) is 29.3 Å². The van der Waals surface area contributed by atoms with Crippen LogP contribution in [0, 0.1) is 13.8 Å². The van der Waals surface area contributed by atoms with Gasteiger partial charge in [0.1, 0.15) is 11.5 Å². The Balaban J connectivity index is 1.43. The van der Waals surface area contributed by atoms with Gasteiger partial charge < -0.3 is 14.8 Å². The highest BCUT2D eigenvalue weighted by atomic mass is 35.5. The Morgan fingerprint density at radius 2 is 1.45 bits per heavy atom. The molecule has 29 heavy (non-hydrogen) atoms. The molecule has 5 heteroatoms. The lowest BCUT2D eigenvalue weighted by molar-refractivity contribution is 0.102. The highest BCUT2D eigenvalue weighted by molar-refractivity contribution is 6.30. The average Bonchev–Trinajstić information content (AvgIpc) is 2.71. The second kappa shape index (κ2) is 9.99. The smallest absolute Gasteiger partial charge is 0.255 e. The fourth-order valence-corrected chi connectivity index (χ4v) is 2.96. The van der Waals surface area contributed by atoms with Gasteiger partial charge in [0.05, 0.1) is 13.2 Å². The first-order valence-corrected chi connectivity index (χ1v) is 9.89. The maximum Gasteiger partial charge on any atom is 0.255 e. The molecular weight excluding hydrogens is 386 g/mol. The largest absolute Gasteiger partial charge is 0.493 e. The fourth-order valence-electron chi connectivity index (χ4n) is 2.74. The SMILES string of the molecule is Cc1ccc(OCCCOc2ccc(C(=O)Nc3ccc(Cl)cc3C)cc2)cc1. The molecule has 0 radical (unpaired) electrons. The van der Waals surface area contributed by atoms with E-state index >= 15 is 0 Å². The predicted molar refractivity (Wildman–Crippen MR) is 117 cm³/mol. The van der Waals surface area contributed by atoms with Gasteiger partial charge in [0.2, 0.25) is 0 Å². The van der Waals surface area contributed by atoms with Crippen LogP contribution < -0.4 is 14.8 Å². The minimum atomic E-state index is -0.173. The zero-order valence-corrected chi connectivity index (χ0v) is 17.3. The van der Waals surface area contributed by atoms with Gasteiger partial charge in [0.25, 0.3) is 5.91 Å². The minimum absolute atomic E-state index is 0.173. The van der Waals surface area contributed by atoms with Gasteiger partial charge in [-0.25, -0.2) is 0 Å². The second-order valence-corrected chi connectivity index (χ2v) is 7.24. The van der Waals surface area contributed by atoms with Crippen LogP contribution in [-0.2, 0) is 0 Å². The van der Waals surface area contributed by atoms with Crippen molar-refractivity contribution in [3.8, 4) is 11.5 Å². The van der Waals surface area contributed by atoms with E-state index in [0.717, 1.165) is 29.2 Å². The number of hydrogen-bond donors (Lipinski definition) is 1. The van der Waals surface area contributed by atoms with Crippen LogP contribution in [0.1, 0.15) is 27.9 Å². The maximum absolute atomic E-state index is 12.4. The molecule has 3 aromatic carbocycles. The molecule has 4 nitrogen and oxygen atoms in total. The number of aryl methyl sites for hydroxylation is 2. The first kappa shape index (κ1) is 20.7. The van der Waals surface area contributed by atoms with Crippen molar-refractivity contribution in [3.05, 3.63) is 88.4 Å². The Kier molecular flexibility index (Phi) is 7.14.